The molecule has 1 aliphatic carbocycles. The molecule has 0 bridgehead atoms. The summed E-state index contributed by atoms with van der Waals surface area (Å²) in [6, 6.07) is 0.737. The van der Waals surface area contributed by atoms with Crippen LogP contribution in [0.1, 0.15) is 52.4 Å². The van der Waals surface area contributed by atoms with E-state index in [0.717, 1.165) is 25.6 Å². The van der Waals surface area contributed by atoms with Gasteiger partial charge in [0.1, 0.15) is 0 Å². The minimum absolute atomic E-state index is 0.321. The molecule has 0 aromatic rings. The Morgan fingerprint density at radius 1 is 1.38 bits per heavy atom. The average molecular weight is 225 g/mol. The van der Waals surface area contributed by atoms with Gasteiger partial charge in [-0.2, -0.15) is 0 Å². The fourth-order valence-corrected chi connectivity index (χ4v) is 2.13. The maximum atomic E-state index is 5.72. The Bertz CT molecular complexity index is 197. The first-order chi connectivity index (χ1) is 7.68. The largest absolute Gasteiger partial charge is 0.377 e. The Hall–Kier alpha value is -0.340. The summed E-state index contributed by atoms with van der Waals surface area (Å²) in [7, 11) is 0. The van der Waals surface area contributed by atoms with E-state index in [1.165, 1.54) is 37.7 Å². The molecule has 1 rings (SSSR count). The highest BCUT2D eigenvalue weighted by molar-refractivity contribution is 4.87. The lowest BCUT2D eigenvalue weighted by atomic mass is 9.95. The van der Waals surface area contributed by atoms with Gasteiger partial charge in [0.05, 0.1) is 12.7 Å². The van der Waals surface area contributed by atoms with Crippen molar-refractivity contribution < 1.29 is 4.74 Å². The predicted octanol–water partition coefficient (Wildman–Crippen LogP) is 3.28. The Morgan fingerprint density at radius 2 is 2.06 bits per heavy atom. The molecule has 1 aliphatic rings. The zero-order valence-electron chi connectivity index (χ0n) is 10.9. The maximum absolute atomic E-state index is 5.72. The Balaban J connectivity index is 2.00. The molecule has 0 amide bonds. The lowest BCUT2D eigenvalue weighted by Gasteiger charge is -2.24. The summed E-state index contributed by atoms with van der Waals surface area (Å²) in [5.74, 6) is 0. The third-order valence-corrected chi connectivity index (χ3v) is 3.23. The van der Waals surface area contributed by atoms with Crippen LogP contribution in [0.5, 0.6) is 0 Å². The van der Waals surface area contributed by atoms with Crippen LogP contribution in [0.4, 0.5) is 0 Å². The number of hydrogen-bond acceptors (Lipinski definition) is 2. The summed E-state index contributed by atoms with van der Waals surface area (Å²) in [5.41, 5.74) is 1.20. The van der Waals surface area contributed by atoms with E-state index in [1.807, 2.05) is 6.92 Å². The smallest absolute Gasteiger partial charge is 0.0671 e. The highest BCUT2D eigenvalue weighted by Crippen LogP contribution is 2.17. The molecule has 1 fully saturated rings. The maximum Gasteiger partial charge on any atom is 0.0671 e. The second-order valence-corrected chi connectivity index (χ2v) is 5.13. The zero-order chi connectivity index (χ0) is 11.8. The van der Waals surface area contributed by atoms with Gasteiger partial charge in [0.25, 0.3) is 0 Å². The van der Waals surface area contributed by atoms with Crippen molar-refractivity contribution >= 4 is 0 Å². The van der Waals surface area contributed by atoms with Gasteiger partial charge in [0, 0.05) is 12.6 Å². The molecule has 0 aliphatic heterocycles. The summed E-state index contributed by atoms with van der Waals surface area (Å²) < 4.78 is 5.72. The van der Waals surface area contributed by atoms with Gasteiger partial charge in [-0.1, -0.05) is 24.8 Å². The predicted molar refractivity (Wildman–Crippen MR) is 69.7 cm³/mol. The number of ether oxygens (including phenoxy) is 1. The molecule has 2 nitrogen and oxygen atoms in total. The minimum Gasteiger partial charge on any atom is -0.377 e. The van der Waals surface area contributed by atoms with Crippen LogP contribution in [0.2, 0.25) is 0 Å². The Kier molecular flexibility index (Phi) is 6.74. The van der Waals surface area contributed by atoms with Crippen molar-refractivity contribution in [1.29, 1.82) is 0 Å². The third kappa shape index (κ3) is 6.29. The first kappa shape index (κ1) is 13.7. The Morgan fingerprint density at radius 3 is 2.69 bits per heavy atom. The zero-order valence-corrected chi connectivity index (χ0v) is 10.9. The van der Waals surface area contributed by atoms with Crippen molar-refractivity contribution in [2.24, 2.45) is 0 Å². The molecular weight excluding hydrogens is 198 g/mol. The molecule has 1 unspecified atom stereocenters. The van der Waals surface area contributed by atoms with Crippen LogP contribution in [-0.4, -0.2) is 25.3 Å². The van der Waals surface area contributed by atoms with Crippen molar-refractivity contribution in [1.82, 2.24) is 5.32 Å². The standard InChI is InChI=1S/C14H27NO/c1-12(2)9-10-16-13(3)11-15-14-7-5-4-6-8-14/h13-15H,1,4-11H2,2-3H3. The van der Waals surface area contributed by atoms with E-state index in [4.69, 9.17) is 4.74 Å². The van der Waals surface area contributed by atoms with Gasteiger partial charge in [0.2, 0.25) is 0 Å². The van der Waals surface area contributed by atoms with Crippen molar-refractivity contribution in [3.63, 3.8) is 0 Å². The van der Waals surface area contributed by atoms with Gasteiger partial charge in [-0.3, -0.25) is 0 Å². The van der Waals surface area contributed by atoms with Crippen LogP contribution < -0.4 is 5.32 Å². The number of rotatable bonds is 7. The van der Waals surface area contributed by atoms with Crippen LogP contribution in [-0.2, 0) is 4.74 Å². The first-order valence-electron chi connectivity index (χ1n) is 6.68. The lowest BCUT2D eigenvalue weighted by molar-refractivity contribution is 0.0651. The van der Waals surface area contributed by atoms with Crippen molar-refractivity contribution in [3.05, 3.63) is 12.2 Å². The molecule has 2 heteroatoms. The van der Waals surface area contributed by atoms with Crippen molar-refractivity contribution in [3.8, 4) is 0 Å². The molecule has 1 atom stereocenters. The van der Waals surface area contributed by atoms with E-state index in [1.54, 1.807) is 0 Å². The normalized spacial score (nSPS) is 19.6. The van der Waals surface area contributed by atoms with E-state index in [-0.39, 0.29) is 0 Å². The molecule has 16 heavy (non-hydrogen) atoms. The number of nitrogens with one attached hydrogen (secondary N) is 1. The molecule has 0 spiro atoms. The average Bonchev–Trinajstić information content (AvgIpc) is 2.27. The van der Waals surface area contributed by atoms with E-state index >= 15 is 0 Å². The summed E-state index contributed by atoms with van der Waals surface area (Å²) in [5, 5.41) is 3.61. The summed E-state index contributed by atoms with van der Waals surface area (Å²) >= 11 is 0. The molecule has 0 heterocycles. The number of hydrogen-bond donors (Lipinski definition) is 1. The van der Waals surface area contributed by atoms with Crippen LogP contribution in [0.25, 0.3) is 0 Å². The SMILES string of the molecule is C=C(C)CCOC(C)CNC1CCCCC1. The first-order valence-corrected chi connectivity index (χ1v) is 6.68. The molecule has 0 radical (unpaired) electrons. The fourth-order valence-electron chi connectivity index (χ4n) is 2.13. The van der Waals surface area contributed by atoms with Gasteiger partial charge in [-0.05, 0) is 33.1 Å². The fraction of sp³-hybridized carbons (Fsp3) is 0.857. The van der Waals surface area contributed by atoms with Crippen LogP contribution in [0.15, 0.2) is 12.2 Å². The second kappa shape index (κ2) is 7.86. The highest BCUT2D eigenvalue weighted by atomic mass is 16.5. The van der Waals surface area contributed by atoms with E-state index in [2.05, 4.69) is 18.8 Å². The molecule has 0 aromatic carbocycles. The van der Waals surface area contributed by atoms with Gasteiger partial charge in [-0.25, -0.2) is 0 Å². The topological polar surface area (TPSA) is 21.3 Å². The highest BCUT2D eigenvalue weighted by Gasteiger charge is 2.13. The lowest BCUT2D eigenvalue weighted by Crippen LogP contribution is -2.36. The summed E-state index contributed by atoms with van der Waals surface area (Å²) in [6.07, 6.45) is 8.19. The quantitative estimate of drug-likeness (QED) is 0.671. The molecule has 1 saturated carbocycles. The molecule has 0 saturated heterocycles. The van der Waals surface area contributed by atoms with Gasteiger partial charge < -0.3 is 10.1 Å². The van der Waals surface area contributed by atoms with Crippen LogP contribution in [0.3, 0.4) is 0 Å². The van der Waals surface area contributed by atoms with E-state index in [9.17, 15) is 0 Å². The van der Waals surface area contributed by atoms with Gasteiger partial charge in [-0.15, -0.1) is 6.58 Å². The van der Waals surface area contributed by atoms with Gasteiger partial charge >= 0.3 is 0 Å². The van der Waals surface area contributed by atoms with Crippen LogP contribution >= 0.6 is 0 Å². The van der Waals surface area contributed by atoms with Crippen LogP contribution in [0, 0.1) is 0 Å². The molecule has 0 aromatic heterocycles. The molecule has 1 N–H and O–H groups in total. The minimum atomic E-state index is 0.321. The Labute approximate surface area is 100 Å². The van der Waals surface area contributed by atoms with E-state index < -0.39 is 0 Å². The summed E-state index contributed by atoms with van der Waals surface area (Å²) in [4.78, 5) is 0. The van der Waals surface area contributed by atoms with Crippen molar-refractivity contribution in [2.45, 2.75) is 64.5 Å². The molecule has 94 valence electrons. The second-order valence-electron chi connectivity index (χ2n) is 5.13. The van der Waals surface area contributed by atoms with Crippen molar-refractivity contribution in [2.75, 3.05) is 13.2 Å². The summed E-state index contributed by atoms with van der Waals surface area (Å²) in [6.45, 7) is 9.87. The van der Waals surface area contributed by atoms with Gasteiger partial charge in [0.15, 0.2) is 0 Å². The monoisotopic (exact) mass is 225 g/mol. The van der Waals surface area contributed by atoms with E-state index in [0.29, 0.717) is 6.10 Å². The third-order valence-electron chi connectivity index (χ3n) is 3.23. The molecular formula is C14H27NO.